The first-order valence-electron chi connectivity index (χ1n) is 8.19. The van der Waals surface area contributed by atoms with Crippen LogP contribution in [0.1, 0.15) is 63.5 Å². The van der Waals surface area contributed by atoms with Crippen LogP contribution in [0.25, 0.3) is 0 Å². The topological polar surface area (TPSA) is 60.7 Å². The fourth-order valence-corrected chi connectivity index (χ4v) is 2.15. The average Bonchev–Trinajstić information content (AvgIpc) is 2.56. The highest BCUT2D eigenvalue weighted by atomic mass is 16.3. The number of hydrogen-bond donors (Lipinski definition) is 3. The fourth-order valence-electron chi connectivity index (χ4n) is 2.15. The van der Waals surface area contributed by atoms with Crippen molar-refractivity contribution in [2.75, 3.05) is 0 Å². The van der Waals surface area contributed by atoms with Crippen LogP contribution in [0.15, 0.2) is 42.5 Å². The Morgan fingerprint density at radius 1 is 0.739 bits per heavy atom. The van der Waals surface area contributed by atoms with Gasteiger partial charge in [0, 0.05) is 0 Å². The Morgan fingerprint density at radius 2 is 1.30 bits per heavy atom. The SMILES string of the molecule is CCC(C)c1ccc(O)c(O)c1.CCC(C)c1cccc(O)c1. The van der Waals surface area contributed by atoms with Crippen LogP contribution in [0.3, 0.4) is 0 Å². The van der Waals surface area contributed by atoms with Crippen LogP contribution in [0, 0.1) is 0 Å². The first-order valence-corrected chi connectivity index (χ1v) is 8.19. The molecule has 0 aliphatic carbocycles. The Hall–Kier alpha value is -2.16. The smallest absolute Gasteiger partial charge is 0.157 e. The van der Waals surface area contributed by atoms with Crippen LogP contribution < -0.4 is 0 Å². The summed E-state index contributed by atoms with van der Waals surface area (Å²) in [4.78, 5) is 0. The molecular formula is C20H28O3. The molecule has 3 N–H and O–H groups in total. The van der Waals surface area contributed by atoms with Crippen molar-refractivity contribution >= 4 is 0 Å². The van der Waals surface area contributed by atoms with E-state index in [1.807, 2.05) is 24.3 Å². The molecular weight excluding hydrogens is 288 g/mol. The highest BCUT2D eigenvalue weighted by Crippen LogP contribution is 2.29. The molecule has 0 saturated carbocycles. The maximum Gasteiger partial charge on any atom is 0.157 e. The minimum atomic E-state index is -0.0537. The van der Waals surface area contributed by atoms with E-state index in [1.165, 1.54) is 11.6 Å². The molecule has 0 aliphatic rings. The third-order valence-corrected chi connectivity index (χ3v) is 4.23. The molecule has 2 rings (SSSR count). The summed E-state index contributed by atoms with van der Waals surface area (Å²) in [5.41, 5.74) is 2.28. The van der Waals surface area contributed by atoms with Crippen molar-refractivity contribution < 1.29 is 15.3 Å². The maximum atomic E-state index is 9.19. The van der Waals surface area contributed by atoms with Gasteiger partial charge in [-0.2, -0.15) is 0 Å². The van der Waals surface area contributed by atoms with Gasteiger partial charge in [0.05, 0.1) is 0 Å². The summed E-state index contributed by atoms with van der Waals surface area (Å²) < 4.78 is 0. The highest BCUT2D eigenvalue weighted by molar-refractivity contribution is 5.41. The molecule has 0 radical (unpaired) electrons. The van der Waals surface area contributed by atoms with Crippen LogP contribution in [0.5, 0.6) is 17.2 Å². The lowest BCUT2D eigenvalue weighted by Crippen LogP contribution is -1.89. The van der Waals surface area contributed by atoms with Crippen LogP contribution >= 0.6 is 0 Å². The number of aromatic hydroxyl groups is 3. The summed E-state index contributed by atoms with van der Waals surface area (Å²) in [5.74, 6) is 1.25. The fraction of sp³-hybridized carbons (Fsp3) is 0.400. The molecule has 2 aromatic carbocycles. The number of benzene rings is 2. The zero-order valence-corrected chi connectivity index (χ0v) is 14.5. The van der Waals surface area contributed by atoms with Crippen molar-refractivity contribution in [3.05, 3.63) is 53.6 Å². The summed E-state index contributed by atoms with van der Waals surface area (Å²) >= 11 is 0. The molecule has 3 heteroatoms. The minimum absolute atomic E-state index is 0.0344. The third kappa shape index (κ3) is 5.85. The van der Waals surface area contributed by atoms with Crippen molar-refractivity contribution in [2.45, 2.75) is 52.4 Å². The second-order valence-electron chi connectivity index (χ2n) is 5.96. The van der Waals surface area contributed by atoms with Crippen molar-refractivity contribution in [1.29, 1.82) is 0 Å². The van der Waals surface area contributed by atoms with Crippen LogP contribution in [0.2, 0.25) is 0 Å². The normalized spacial score (nSPS) is 12.9. The first-order chi connectivity index (χ1) is 10.9. The second kappa shape index (κ2) is 9.09. The lowest BCUT2D eigenvalue weighted by atomic mass is 9.98. The van der Waals surface area contributed by atoms with Crippen molar-refractivity contribution in [3.63, 3.8) is 0 Å². The Morgan fingerprint density at radius 3 is 1.78 bits per heavy atom. The molecule has 2 atom stereocenters. The molecule has 0 saturated heterocycles. The van der Waals surface area contributed by atoms with Gasteiger partial charge in [0.1, 0.15) is 5.75 Å². The van der Waals surface area contributed by atoms with Crippen molar-refractivity contribution in [1.82, 2.24) is 0 Å². The van der Waals surface area contributed by atoms with Gasteiger partial charge in [-0.1, -0.05) is 45.9 Å². The van der Waals surface area contributed by atoms with E-state index in [4.69, 9.17) is 10.2 Å². The molecule has 0 aromatic heterocycles. The number of hydrogen-bond acceptors (Lipinski definition) is 3. The average molecular weight is 316 g/mol. The van der Waals surface area contributed by atoms with E-state index in [2.05, 4.69) is 27.7 Å². The van der Waals surface area contributed by atoms with E-state index in [-0.39, 0.29) is 11.5 Å². The van der Waals surface area contributed by atoms with Gasteiger partial charge in [-0.3, -0.25) is 0 Å². The molecule has 0 fully saturated rings. The van der Waals surface area contributed by atoms with Gasteiger partial charge < -0.3 is 15.3 Å². The summed E-state index contributed by atoms with van der Waals surface area (Å²) in [7, 11) is 0. The van der Waals surface area contributed by atoms with Gasteiger partial charge in [0.25, 0.3) is 0 Å². The molecule has 23 heavy (non-hydrogen) atoms. The molecule has 0 heterocycles. The standard InChI is InChI=1S/C10H14O2.C10H14O/c1-3-7(2)8-4-5-9(11)10(12)6-8;1-3-8(2)9-5-4-6-10(11)7-9/h4-7,11-12H,3H2,1-2H3;4-8,11H,3H2,1-2H3. The molecule has 126 valence electrons. The van der Waals surface area contributed by atoms with E-state index in [9.17, 15) is 5.11 Å². The Kier molecular flexibility index (Phi) is 7.46. The Labute approximate surface area is 139 Å². The molecule has 0 spiro atoms. The number of phenols is 3. The van der Waals surface area contributed by atoms with E-state index in [0.717, 1.165) is 18.4 Å². The third-order valence-electron chi connectivity index (χ3n) is 4.23. The molecule has 3 nitrogen and oxygen atoms in total. The van der Waals surface area contributed by atoms with E-state index in [1.54, 1.807) is 12.1 Å². The number of rotatable bonds is 4. The highest BCUT2D eigenvalue weighted by Gasteiger charge is 2.05. The first kappa shape index (κ1) is 18.9. The summed E-state index contributed by atoms with van der Waals surface area (Å²) in [6, 6.07) is 12.4. The number of phenolic OH excluding ortho intramolecular Hbond substituents is 3. The van der Waals surface area contributed by atoms with Gasteiger partial charge in [-0.25, -0.2) is 0 Å². The van der Waals surface area contributed by atoms with Crippen LogP contribution in [0.4, 0.5) is 0 Å². The monoisotopic (exact) mass is 316 g/mol. The molecule has 0 aliphatic heterocycles. The Balaban J connectivity index is 0.000000231. The van der Waals surface area contributed by atoms with Gasteiger partial charge in [0.15, 0.2) is 11.5 Å². The minimum Gasteiger partial charge on any atom is -0.508 e. The largest absolute Gasteiger partial charge is 0.508 e. The van der Waals surface area contributed by atoms with Gasteiger partial charge >= 0.3 is 0 Å². The summed E-state index contributed by atoms with van der Waals surface area (Å²) in [5, 5.41) is 27.4. The van der Waals surface area contributed by atoms with Gasteiger partial charge in [0.2, 0.25) is 0 Å². The molecule has 0 bridgehead atoms. The lowest BCUT2D eigenvalue weighted by molar-refractivity contribution is 0.402. The molecule has 2 unspecified atom stereocenters. The summed E-state index contributed by atoms with van der Waals surface area (Å²) in [6.07, 6.45) is 2.15. The molecule has 0 amide bonds. The molecule has 2 aromatic rings. The summed E-state index contributed by atoms with van der Waals surface area (Å²) in [6.45, 7) is 8.49. The van der Waals surface area contributed by atoms with Gasteiger partial charge in [-0.05, 0) is 60.1 Å². The van der Waals surface area contributed by atoms with E-state index < -0.39 is 0 Å². The zero-order valence-electron chi connectivity index (χ0n) is 14.5. The van der Waals surface area contributed by atoms with Gasteiger partial charge in [-0.15, -0.1) is 0 Å². The lowest BCUT2D eigenvalue weighted by Gasteiger charge is -2.09. The van der Waals surface area contributed by atoms with Crippen LogP contribution in [-0.4, -0.2) is 15.3 Å². The van der Waals surface area contributed by atoms with Crippen LogP contribution in [-0.2, 0) is 0 Å². The Bertz CT molecular complexity index is 608. The quantitative estimate of drug-likeness (QED) is 0.651. The second-order valence-corrected chi connectivity index (χ2v) is 5.96. The van der Waals surface area contributed by atoms with Crippen molar-refractivity contribution in [2.24, 2.45) is 0 Å². The van der Waals surface area contributed by atoms with E-state index >= 15 is 0 Å². The predicted octanol–water partition coefficient (Wildman–Crippen LogP) is 5.52. The maximum absolute atomic E-state index is 9.19. The predicted molar refractivity (Wildman–Crippen MR) is 95.3 cm³/mol. The van der Waals surface area contributed by atoms with E-state index in [0.29, 0.717) is 17.6 Å². The van der Waals surface area contributed by atoms with Crippen molar-refractivity contribution in [3.8, 4) is 17.2 Å². The zero-order chi connectivity index (χ0) is 17.4.